The minimum absolute atomic E-state index is 0.0336. The van der Waals surface area contributed by atoms with Gasteiger partial charge >= 0.3 is 6.61 Å². The highest BCUT2D eigenvalue weighted by atomic mass is 19.3. The van der Waals surface area contributed by atoms with Gasteiger partial charge in [0.05, 0.1) is 6.61 Å². The summed E-state index contributed by atoms with van der Waals surface area (Å²) in [4.78, 5) is 0. The zero-order valence-corrected chi connectivity index (χ0v) is 12.7. The Morgan fingerprint density at radius 3 is 2.57 bits per heavy atom. The Kier molecular flexibility index (Phi) is 6.84. The molecule has 6 heteroatoms. The first kappa shape index (κ1) is 17.7. The van der Waals surface area contributed by atoms with E-state index >= 15 is 0 Å². The van der Waals surface area contributed by atoms with Gasteiger partial charge in [-0.05, 0) is 24.6 Å². The zero-order valence-electron chi connectivity index (χ0n) is 12.7. The van der Waals surface area contributed by atoms with E-state index in [0.29, 0.717) is 25.4 Å². The summed E-state index contributed by atoms with van der Waals surface area (Å²) in [6, 6.07) is 4.87. The van der Waals surface area contributed by atoms with E-state index in [1.807, 2.05) is 13.8 Å². The molecule has 0 aliphatic carbocycles. The largest absolute Gasteiger partial charge is 0.490 e. The Bertz CT molecular complexity index is 439. The first-order chi connectivity index (χ1) is 9.88. The van der Waals surface area contributed by atoms with Crippen molar-refractivity contribution in [3.63, 3.8) is 0 Å². The van der Waals surface area contributed by atoms with Crippen LogP contribution in [0.1, 0.15) is 26.3 Å². The van der Waals surface area contributed by atoms with Gasteiger partial charge in [-0.15, -0.1) is 0 Å². The van der Waals surface area contributed by atoms with Crippen LogP contribution in [0.5, 0.6) is 11.5 Å². The van der Waals surface area contributed by atoms with Gasteiger partial charge in [-0.2, -0.15) is 8.78 Å². The van der Waals surface area contributed by atoms with E-state index in [9.17, 15) is 13.9 Å². The van der Waals surface area contributed by atoms with E-state index in [4.69, 9.17) is 4.74 Å². The number of halogens is 2. The van der Waals surface area contributed by atoms with Crippen LogP contribution in [0, 0.1) is 5.41 Å². The molecular formula is C15H23F2NO3. The van der Waals surface area contributed by atoms with Crippen LogP contribution in [0.25, 0.3) is 0 Å². The number of alkyl halides is 2. The highest BCUT2D eigenvalue weighted by Crippen LogP contribution is 2.29. The molecule has 0 spiro atoms. The molecule has 0 aliphatic heterocycles. The smallest absolute Gasteiger partial charge is 0.387 e. The number of nitrogens with one attached hydrogen (secondary N) is 1. The molecule has 120 valence electrons. The van der Waals surface area contributed by atoms with E-state index in [-0.39, 0.29) is 17.8 Å². The molecule has 2 N–H and O–H groups in total. The molecule has 0 amide bonds. The van der Waals surface area contributed by atoms with Gasteiger partial charge in [0.2, 0.25) is 0 Å². The average molecular weight is 303 g/mol. The van der Waals surface area contributed by atoms with Crippen molar-refractivity contribution >= 4 is 0 Å². The summed E-state index contributed by atoms with van der Waals surface area (Å²) in [5.74, 6) is 0.338. The van der Waals surface area contributed by atoms with Gasteiger partial charge in [0.15, 0.2) is 11.5 Å². The van der Waals surface area contributed by atoms with Crippen molar-refractivity contribution in [3.8, 4) is 11.5 Å². The molecule has 0 saturated carbocycles. The van der Waals surface area contributed by atoms with Crippen LogP contribution in [-0.4, -0.2) is 31.5 Å². The molecule has 0 aromatic heterocycles. The monoisotopic (exact) mass is 303 g/mol. The molecule has 0 fully saturated rings. The predicted octanol–water partition coefficient (Wildman–Crippen LogP) is 2.79. The van der Waals surface area contributed by atoms with Crippen LogP contribution in [-0.2, 0) is 6.54 Å². The average Bonchev–Trinajstić information content (AvgIpc) is 2.41. The molecule has 0 radical (unpaired) electrons. The molecule has 4 nitrogen and oxygen atoms in total. The number of rotatable bonds is 9. The second kappa shape index (κ2) is 8.14. The SMILES string of the molecule is CCOc1cc(CNCC(C)(C)CO)ccc1OC(F)F. The second-order valence-electron chi connectivity index (χ2n) is 5.52. The molecule has 0 heterocycles. The van der Waals surface area contributed by atoms with Crippen molar-refractivity contribution in [2.75, 3.05) is 19.8 Å². The minimum atomic E-state index is -2.88. The van der Waals surface area contributed by atoms with E-state index in [1.165, 1.54) is 6.07 Å². The highest BCUT2D eigenvalue weighted by Gasteiger charge is 2.16. The van der Waals surface area contributed by atoms with Gasteiger partial charge in [-0.3, -0.25) is 0 Å². The van der Waals surface area contributed by atoms with Crippen LogP contribution in [0.2, 0.25) is 0 Å². The Morgan fingerprint density at radius 1 is 1.29 bits per heavy atom. The minimum Gasteiger partial charge on any atom is -0.490 e. The lowest BCUT2D eigenvalue weighted by molar-refractivity contribution is -0.0514. The third kappa shape index (κ3) is 6.27. The van der Waals surface area contributed by atoms with Crippen LogP contribution in [0.3, 0.4) is 0 Å². The van der Waals surface area contributed by atoms with Gasteiger partial charge in [0, 0.05) is 25.1 Å². The van der Waals surface area contributed by atoms with Gasteiger partial charge in [-0.1, -0.05) is 19.9 Å². The molecule has 1 aromatic rings. The van der Waals surface area contributed by atoms with E-state index in [2.05, 4.69) is 10.1 Å². The van der Waals surface area contributed by atoms with Crippen molar-refractivity contribution in [1.29, 1.82) is 0 Å². The number of aliphatic hydroxyl groups is 1. The maximum absolute atomic E-state index is 12.3. The van der Waals surface area contributed by atoms with Crippen molar-refractivity contribution in [2.45, 2.75) is 33.9 Å². The Balaban J connectivity index is 2.69. The van der Waals surface area contributed by atoms with Gasteiger partial charge in [0.25, 0.3) is 0 Å². The fourth-order valence-corrected chi connectivity index (χ4v) is 1.73. The standard InChI is InChI=1S/C15H23F2NO3/c1-4-20-13-7-11(5-6-12(13)21-14(16)17)8-18-9-15(2,3)10-19/h5-7,14,18-19H,4,8-10H2,1-3H3. The summed E-state index contributed by atoms with van der Waals surface area (Å²) < 4.78 is 34.3. The van der Waals surface area contributed by atoms with Crippen LogP contribution in [0.15, 0.2) is 18.2 Å². The summed E-state index contributed by atoms with van der Waals surface area (Å²) in [5.41, 5.74) is 0.690. The van der Waals surface area contributed by atoms with E-state index < -0.39 is 6.61 Å². The Labute approximate surface area is 124 Å². The molecule has 0 unspecified atom stereocenters. The summed E-state index contributed by atoms with van der Waals surface area (Å²) >= 11 is 0. The summed E-state index contributed by atoms with van der Waals surface area (Å²) in [6.07, 6.45) is 0. The zero-order chi connectivity index (χ0) is 15.9. The van der Waals surface area contributed by atoms with Crippen LogP contribution >= 0.6 is 0 Å². The van der Waals surface area contributed by atoms with Crippen molar-refractivity contribution < 1.29 is 23.4 Å². The first-order valence-corrected chi connectivity index (χ1v) is 6.90. The van der Waals surface area contributed by atoms with Gasteiger partial charge < -0.3 is 19.9 Å². The molecule has 1 aromatic carbocycles. The Hall–Kier alpha value is -1.40. The molecule has 0 bridgehead atoms. The summed E-state index contributed by atoms with van der Waals surface area (Å²) in [6.45, 7) is 4.45. The first-order valence-electron chi connectivity index (χ1n) is 6.90. The number of ether oxygens (including phenoxy) is 2. The third-order valence-corrected chi connectivity index (χ3v) is 2.88. The fourth-order valence-electron chi connectivity index (χ4n) is 1.73. The van der Waals surface area contributed by atoms with Crippen molar-refractivity contribution in [1.82, 2.24) is 5.32 Å². The summed E-state index contributed by atoms with van der Waals surface area (Å²) in [5, 5.41) is 12.4. The predicted molar refractivity (Wildman–Crippen MR) is 76.8 cm³/mol. The molecule has 21 heavy (non-hydrogen) atoms. The van der Waals surface area contributed by atoms with Crippen molar-refractivity contribution in [2.24, 2.45) is 5.41 Å². The fraction of sp³-hybridized carbons (Fsp3) is 0.600. The number of benzene rings is 1. The lowest BCUT2D eigenvalue weighted by Crippen LogP contribution is -2.31. The van der Waals surface area contributed by atoms with Crippen LogP contribution < -0.4 is 14.8 Å². The molecular weight excluding hydrogens is 280 g/mol. The maximum atomic E-state index is 12.3. The Morgan fingerprint density at radius 2 is 2.00 bits per heavy atom. The van der Waals surface area contributed by atoms with E-state index in [1.54, 1.807) is 19.1 Å². The molecule has 0 aliphatic rings. The number of hydrogen-bond donors (Lipinski definition) is 2. The van der Waals surface area contributed by atoms with E-state index in [0.717, 1.165) is 5.56 Å². The quantitative estimate of drug-likeness (QED) is 0.736. The van der Waals surface area contributed by atoms with Gasteiger partial charge in [0.1, 0.15) is 0 Å². The molecule has 0 atom stereocenters. The van der Waals surface area contributed by atoms with Crippen LogP contribution in [0.4, 0.5) is 8.78 Å². The highest BCUT2D eigenvalue weighted by molar-refractivity contribution is 5.43. The summed E-state index contributed by atoms with van der Waals surface area (Å²) in [7, 11) is 0. The maximum Gasteiger partial charge on any atom is 0.387 e. The third-order valence-electron chi connectivity index (χ3n) is 2.88. The van der Waals surface area contributed by atoms with Crippen molar-refractivity contribution in [3.05, 3.63) is 23.8 Å². The lowest BCUT2D eigenvalue weighted by Gasteiger charge is -2.22. The van der Waals surface area contributed by atoms with Gasteiger partial charge in [-0.25, -0.2) is 0 Å². The second-order valence-corrected chi connectivity index (χ2v) is 5.52. The number of hydrogen-bond acceptors (Lipinski definition) is 4. The normalized spacial score (nSPS) is 11.8. The number of aliphatic hydroxyl groups excluding tert-OH is 1. The molecule has 0 saturated heterocycles. The molecule has 1 rings (SSSR count). The lowest BCUT2D eigenvalue weighted by atomic mass is 9.95. The topological polar surface area (TPSA) is 50.7 Å².